The predicted octanol–water partition coefficient (Wildman–Crippen LogP) is 2.49. The molecule has 0 aromatic heterocycles. The Hall–Kier alpha value is -1.66. The van der Waals surface area contributed by atoms with Crippen molar-refractivity contribution in [2.75, 3.05) is 5.48 Å². The zero-order valence-corrected chi connectivity index (χ0v) is 10.9. The minimum atomic E-state index is -1.03. The first kappa shape index (κ1) is 14.4. The SMILES string of the molecule is CC(C)(O)C(C)(C)ONc1ccc([N+](=O)[O-])cc1. The average molecular weight is 254 g/mol. The lowest BCUT2D eigenvalue weighted by molar-refractivity contribution is -0.384. The van der Waals surface area contributed by atoms with Crippen molar-refractivity contribution in [2.45, 2.75) is 38.9 Å². The highest BCUT2D eigenvalue weighted by molar-refractivity contribution is 5.47. The van der Waals surface area contributed by atoms with Crippen LogP contribution in [-0.2, 0) is 4.84 Å². The van der Waals surface area contributed by atoms with Crippen LogP contribution in [0.1, 0.15) is 27.7 Å². The molecule has 0 aliphatic rings. The monoisotopic (exact) mass is 254 g/mol. The van der Waals surface area contributed by atoms with E-state index in [0.717, 1.165) is 0 Å². The van der Waals surface area contributed by atoms with Gasteiger partial charge in [-0.2, -0.15) is 0 Å². The standard InChI is InChI=1S/C12H18N2O4/c1-11(2,15)12(3,4)18-13-9-5-7-10(8-6-9)14(16)17/h5-8,13,15H,1-4H3. The Morgan fingerprint density at radius 1 is 1.22 bits per heavy atom. The van der Waals surface area contributed by atoms with E-state index in [2.05, 4.69) is 5.48 Å². The van der Waals surface area contributed by atoms with E-state index in [9.17, 15) is 15.2 Å². The molecule has 6 heteroatoms. The quantitative estimate of drug-likeness (QED) is 0.623. The third kappa shape index (κ3) is 3.41. The number of hydrogen-bond donors (Lipinski definition) is 2. The Bertz CT molecular complexity index is 421. The van der Waals surface area contributed by atoms with Gasteiger partial charge < -0.3 is 5.11 Å². The van der Waals surface area contributed by atoms with Gasteiger partial charge in [0.25, 0.3) is 5.69 Å². The molecular formula is C12H18N2O4. The number of benzene rings is 1. The van der Waals surface area contributed by atoms with E-state index in [4.69, 9.17) is 4.84 Å². The summed E-state index contributed by atoms with van der Waals surface area (Å²) in [6, 6.07) is 5.84. The molecule has 6 nitrogen and oxygen atoms in total. The van der Waals surface area contributed by atoms with Gasteiger partial charge in [-0.05, 0) is 39.8 Å². The molecule has 1 rings (SSSR count). The lowest BCUT2D eigenvalue weighted by Gasteiger charge is -2.36. The number of non-ortho nitro benzene ring substituents is 1. The molecule has 2 N–H and O–H groups in total. The highest BCUT2D eigenvalue weighted by Gasteiger charge is 2.36. The average Bonchev–Trinajstić information content (AvgIpc) is 2.25. The first-order valence-electron chi connectivity index (χ1n) is 5.54. The van der Waals surface area contributed by atoms with Crippen LogP contribution in [0.2, 0.25) is 0 Å². The van der Waals surface area contributed by atoms with Crippen LogP contribution in [-0.4, -0.2) is 21.2 Å². The topological polar surface area (TPSA) is 84.6 Å². The van der Waals surface area contributed by atoms with E-state index < -0.39 is 16.1 Å². The number of nitro benzene ring substituents is 1. The van der Waals surface area contributed by atoms with Crippen molar-refractivity contribution < 1.29 is 14.9 Å². The maximum absolute atomic E-state index is 10.5. The third-order valence-corrected chi connectivity index (χ3v) is 2.98. The fourth-order valence-electron chi connectivity index (χ4n) is 0.963. The van der Waals surface area contributed by atoms with Crippen LogP contribution in [0, 0.1) is 10.1 Å². The maximum Gasteiger partial charge on any atom is 0.269 e. The van der Waals surface area contributed by atoms with Crippen LogP contribution < -0.4 is 5.48 Å². The molecule has 0 heterocycles. The van der Waals surface area contributed by atoms with Crippen molar-refractivity contribution in [1.29, 1.82) is 0 Å². The van der Waals surface area contributed by atoms with Crippen molar-refractivity contribution in [3.8, 4) is 0 Å². The van der Waals surface area contributed by atoms with Crippen LogP contribution in [0.3, 0.4) is 0 Å². The molecule has 100 valence electrons. The lowest BCUT2D eigenvalue weighted by atomic mass is 9.90. The smallest absolute Gasteiger partial charge is 0.269 e. The van der Waals surface area contributed by atoms with Gasteiger partial charge in [0.05, 0.1) is 16.2 Å². The molecule has 0 unspecified atom stereocenters. The summed E-state index contributed by atoms with van der Waals surface area (Å²) in [5.74, 6) is 0. The van der Waals surface area contributed by atoms with Crippen LogP contribution in [0.4, 0.5) is 11.4 Å². The molecule has 18 heavy (non-hydrogen) atoms. The molecule has 1 aromatic carbocycles. The predicted molar refractivity (Wildman–Crippen MR) is 68.2 cm³/mol. The molecule has 0 bridgehead atoms. The van der Waals surface area contributed by atoms with Gasteiger partial charge in [0.2, 0.25) is 0 Å². The fourth-order valence-corrected chi connectivity index (χ4v) is 0.963. The summed E-state index contributed by atoms with van der Waals surface area (Å²) in [4.78, 5) is 15.4. The van der Waals surface area contributed by atoms with Crippen LogP contribution in [0.15, 0.2) is 24.3 Å². The number of aliphatic hydroxyl groups is 1. The number of nitrogens with zero attached hydrogens (tertiary/aromatic N) is 1. The summed E-state index contributed by atoms with van der Waals surface area (Å²) in [7, 11) is 0. The minimum absolute atomic E-state index is 0.0160. The molecule has 0 aliphatic carbocycles. The molecule has 0 saturated carbocycles. The molecule has 0 atom stereocenters. The van der Waals surface area contributed by atoms with Gasteiger partial charge in [-0.3, -0.25) is 20.4 Å². The first-order chi connectivity index (χ1) is 8.13. The van der Waals surface area contributed by atoms with E-state index in [1.807, 2.05) is 0 Å². The summed E-state index contributed by atoms with van der Waals surface area (Å²) in [6.07, 6.45) is 0. The van der Waals surface area contributed by atoms with Gasteiger partial charge >= 0.3 is 0 Å². The molecular weight excluding hydrogens is 236 g/mol. The lowest BCUT2D eigenvalue weighted by Crippen LogP contribution is -2.48. The summed E-state index contributed by atoms with van der Waals surface area (Å²) >= 11 is 0. The van der Waals surface area contributed by atoms with Gasteiger partial charge in [-0.25, -0.2) is 0 Å². The molecule has 0 fully saturated rings. The van der Waals surface area contributed by atoms with Gasteiger partial charge in [0.15, 0.2) is 0 Å². The number of hydrogen-bond acceptors (Lipinski definition) is 5. The molecule has 0 saturated heterocycles. The van der Waals surface area contributed by atoms with Crippen LogP contribution >= 0.6 is 0 Å². The van der Waals surface area contributed by atoms with E-state index in [-0.39, 0.29) is 5.69 Å². The second-order valence-corrected chi connectivity index (χ2v) is 5.08. The Morgan fingerprint density at radius 3 is 2.11 bits per heavy atom. The van der Waals surface area contributed by atoms with E-state index in [0.29, 0.717) is 5.69 Å². The van der Waals surface area contributed by atoms with Gasteiger partial charge in [-0.15, -0.1) is 0 Å². The molecule has 0 spiro atoms. The van der Waals surface area contributed by atoms with Gasteiger partial charge in [-0.1, -0.05) is 0 Å². The van der Waals surface area contributed by atoms with Gasteiger partial charge in [0.1, 0.15) is 5.60 Å². The Balaban J connectivity index is 2.67. The Kier molecular flexibility index (Phi) is 3.93. The summed E-state index contributed by atoms with van der Waals surface area (Å²) in [6.45, 7) is 6.77. The molecule has 1 aromatic rings. The van der Waals surface area contributed by atoms with Crippen molar-refractivity contribution in [2.24, 2.45) is 0 Å². The highest BCUT2D eigenvalue weighted by atomic mass is 16.7. The molecule has 0 amide bonds. The van der Waals surface area contributed by atoms with E-state index in [1.54, 1.807) is 39.8 Å². The van der Waals surface area contributed by atoms with Crippen molar-refractivity contribution in [1.82, 2.24) is 0 Å². The highest BCUT2D eigenvalue weighted by Crippen LogP contribution is 2.25. The largest absolute Gasteiger partial charge is 0.387 e. The minimum Gasteiger partial charge on any atom is -0.387 e. The maximum atomic E-state index is 10.5. The Morgan fingerprint density at radius 2 is 1.72 bits per heavy atom. The normalized spacial score (nSPS) is 12.3. The number of nitro groups is 1. The van der Waals surface area contributed by atoms with Crippen molar-refractivity contribution >= 4 is 11.4 Å². The third-order valence-electron chi connectivity index (χ3n) is 2.98. The fraction of sp³-hybridized carbons (Fsp3) is 0.500. The molecule has 0 aliphatic heterocycles. The van der Waals surface area contributed by atoms with Crippen LogP contribution in [0.5, 0.6) is 0 Å². The molecule has 0 radical (unpaired) electrons. The number of nitrogens with one attached hydrogen (secondary N) is 1. The number of anilines is 1. The van der Waals surface area contributed by atoms with Gasteiger partial charge in [0, 0.05) is 12.1 Å². The van der Waals surface area contributed by atoms with E-state index >= 15 is 0 Å². The first-order valence-corrected chi connectivity index (χ1v) is 5.54. The summed E-state index contributed by atoms with van der Waals surface area (Å²) in [5, 5.41) is 20.4. The van der Waals surface area contributed by atoms with Crippen molar-refractivity contribution in [3.63, 3.8) is 0 Å². The van der Waals surface area contributed by atoms with Crippen molar-refractivity contribution in [3.05, 3.63) is 34.4 Å². The summed E-state index contributed by atoms with van der Waals surface area (Å²) < 4.78 is 0. The zero-order chi connectivity index (χ0) is 14.0. The summed E-state index contributed by atoms with van der Waals surface area (Å²) in [5.41, 5.74) is 1.43. The zero-order valence-electron chi connectivity index (χ0n) is 10.9. The second-order valence-electron chi connectivity index (χ2n) is 5.08. The Labute approximate surface area is 106 Å². The van der Waals surface area contributed by atoms with E-state index in [1.165, 1.54) is 12.1 Å². The van der Waals surface area contributed by atoms with Crippen LogP contribution in [0.25, 0.3) is 0 Å². The number of rotatable bonds is 5. The second kappa shape index (κ2) is 4.91.